The average Bonchev–Trinajstić information content (AvgIpc) is 3.47. The van der Waals surface area contributed by atoms with Gasteiger partial charge in [0.25, 0.3) is 5.91 Å². The minimum Gasteiger partial charge on any atom is -0.352 e. The summed E-state index contributed by atoms with van der Waals surface area (Å²) in [7, 11) is 0. The van der Waals surface area contributed by atoms with Gasteiger partial charge in [-0.1, -0.05) is 30.0 Å². The highest BCUT2D eigenvalue weighted by molar-refractivity contribution is 7.09. The molecule has 0 saturated carbocycles. The van der Waals surface area contributed by atoms with Crippen LogP contribution in [0.3, 0.4) is 0 Å². The van der Waals surface area contributed by atoms with E-state index in [1.54, 1.807) is 34.5 Å². The van der Waals surface area contributed by atoms with Crippen LogP contribution >= 0.6 is 11.3 Å². The Labute approximate surface area is 173 Å². The topological polar surface area (TPSA) is 59.8 Å². The molecule has 4 aromatic rings. The average molecular weight is 398 g/mol. The van der Waals surface area contributed by atoms with Crippen LogP contribution in [-0.4, -0.2) is 27.2 Å². The molecular formula is C23H18N4OS. The van der Waals surface area contributed by atoms with E-state index in [2.05, 4.69) is 27.2 Å². The molecule has 1 amide bonds. The van der Waals surface area contributed by atoms with Gasteiger partial charge < -0.3 is 5.32 Å². The van der Waals surface area contributed by atoms with E-state index in [0.29, 0.717) is 12.1 Å². The molecule has 1 N–H and O–H groups in total. The van der Waals surface area contributed by atoms with Crippen molar-refractivity contribution in [2.45, 2.75) is 6.42 Å². The second-order valence-corrected chi connectivity index (χ2v) is 7.21. The molecule has 0 unspecified atom stereocenters. The van der Waals surface area contributed by atoms with Crippen molar-refractivity contribution in [2.24, 2.45) is 0 Å². The van der Waals surface area contributed by atoms with E-state index < -0.39 is 0 Å². The first-order valence-electron chi connectivity index (χ1n) is 9.17. The van der Waals surface area contributed by atoms with E-state index >= 15 is 0 Å². The molecule has 2 aromatic heterocycles. The molecule has 0 aliphatic carbocycles. The third-order valence-corrected chi connectivity index (χ3v) is 5.07. The number of rotatable bonds is 5. The van der Waals surface area contributed by atoms with Crippen LogP contribution in [0.25, 0.3) is 5.69 Å². The number of carbonyl (C=O) groups is 1. The molecule has 6 heteroatoms. The Morgan fingerprint density at radius 2 is 1.97 bits per heavy atom. The van der Waals surface area contributed by atoms with Crippen LogP contribution in [0.1, 0.15) is 26.5 Å². The molecule has 0 spiro atoms. The molecule has 0 fully saturated rings. The molecule has 29 heavy (non-hydrogen) atoms. The van der Waals surface area contributed by atoms with Crippen LogP contribution in [0.2, 0.25) is 0 Å². The quantitative estimate of drug-likeness (QED) is 0.522. The van der Waals surface area contributed by atoms with Gasteiger partial charge in [0, 0.05) is 48.1 Å². The van der Waals surface area contributed by atoms with Crippen LogP contribution in [0.5, 0.6) is 0 Å². The summed E-state index contributed by atoms with van der Waals surface area (Å²) in [5.41, 5.74) is 3.05. The van der Waals surface area contributed by atoms with Crippen molar-refractivity contribution < 1.29 is 4.79 Å². The second-order valence-electron chi connectivity index (χ2n) is 6.23. The summed E-state index contributed by atoms with van der Waals surface area (Å²) in [5.74, 6) is 6.23. The summed E-state index contributed by atoms with van der Waals surface area (Å²) in [4.78, 5) is 16.8. The molecule has 0 saturated heterocycles. The molecule has 142 valence electrons. The highest BCUT2D eigenvalue weighted by atomic mass is 32.1. The number of thiazole rings is 1. The minimum atomic E-state index is -0.128. The Morgan fingerprint density at radius 1 is 1.07 bits per heavy atom. The lowest BCUT2D eigenvalue weighted by Crippen LogP contribution is -2.25. The Hall–Kier alpha value is -3.69. The van der Waals surface area contributed by atoms with Gasteiger partial charge in [0.2, 0.25) is 0 Å². The van der Waals surface area contributed by atoms with E-state index in [4.69, 9.17) is 0 Å². The zero-order valence-corrected chi connectivity index (χ0v) is 16.4. The van der Waals surface area contributed by atoms with E-state index in [1.807, 2.05) is 60.1 Å². The van der Waals surface area contributed by atoms with Crippen LogP contribution in [0.15, 0.2) is 78.6 Å². The molecule has 2 aromatic carbocycles. The fraction of sp³-hybridized carbons (Fsp3) is 0.0870. The van der Waals surface area contributed by atoms with Gasteiger partial charge in [-0.05, 0) is 36.4 Å². The zero-order valence-electron chi connectivity index (χ0n) is 15.6. The SMILES string of the molecule is O=C(NCCc1nccs1)c1ccc(-n2cccn2)c(C#Cc2ccccc2)c1. The van der Waals surface area contributed by atoms with Crippen LogP contribution in [-0.2, 0) is 6.42 Å². The van der Waals surface area contributed by atoms with Crippen molar-refractivity contribution in [3.63, 3.8) is 0 Å². The fourth-order valence-corrected chi connectivity index (χ4v) is 3.43. The van der Waals surface area contributed by atoms with Gasteiger partial charge in [-0.3, -0.25) is 4.79 Å². The maximum Gasteiger partial charge on any atom is 0.251 e. The van der Waals surface area contributed by atoms with E-state index in [9.17, 15) is 4.79 Å². The first kappa shape index (κ1) is 18.7. The molecular weight excluding hydrogens is 380 g/mol. The molecule has 0 aliphatic rings. The number of nitrogens with zero attached hydrogens (tertiary/aromatic N) is 3. The lowest BCUT2D eigenvalue weighted by Gasteiger charge is -2.09. The van der Waals surface area contributed by atoms with E-state index in [-0.39, 0.29) is 5.91 Å². The van der Waals surface area contributed by atoms with Crippen molar-refractivity contribution >= 4 is 17.2 Å². The zero-order chi connectivity index (χ0) is 19.9. The van der Waals surface area contributed by atoms with Crippen molar-refractivity contribution in [2.75, 3.05) is 6.54 Å². The predicted molar refractivity (Wildman–Crippen MR) is 114 cm³/mol. The summed E-state index contributed by atoms with van der Waals surface area (Å²) in [6.45, 7) is 0.540. The van der Waals surface area contributed by atoms with Gasteiger partial charge in [0.05, 0.1) is 16.3 Å². The summed E-state index contributed by atoms with van der Waals surface area (Å²) >= 11 is 1.59. The summed E-state index contributed by atoms with van der Waals surface area (Å²) < 4.78 is 1.75. The summed E-state index contributed by atoms with van der Waals surface area (Å²) in [5, 5.41) is 10.2. The van der Waals surface area contributed by atoms with Crippen molar-refractivity contribution in [1.29, 1.82) is 0 Å². The van der Waals surface area contributed by atoms with Crippen LogP contribution in [0.4, 0.5) is 0 Å². The maximum atomic E-state index is 12.6. The lowest BCUT2D eigenvalue weighted by molar-refractivity contribution is 0.0954. The maximum absolute atomic E-state index is 12.6. The molecule has 4 rings (SSSR count). The number of benzene rings is 2. The van der Waals surface area contributed by atoms with E-state index in [1.165, 1.54) is 0 Å². The van der Waals surface area contributed by atoms with Gasteiger partial charge in [0.1, 0.15) is 0 Å². The molecule has 0 atom stereocenters. The highest BCUT2D eigenvalue weighted by Crippen LogP contribution is 2.16. The molecule has 0 radical (unpaired) electrons. The number of hydrogen-bond donors (Lipinski definition) is 1. The third kappa shape index (κ3) is 4.78. The second kappa shape index (κ2) is 9.00. The number of carbonyl (C=O) groups excluding carboxylic acids is 1. The largest absolute Gasteiger partial charge is 0.352 e. The van der Waals surface area contributed by atoms with Gasteiger partial charge in [-0.15, -0.1) is 11.3 Å². The number of aromatic nitrogens is 3. The van der Waals surface area contributed by atoms with Gasteiger partial charge >= 0.3 is 0 Å². The summed E-state index contributed by atoms with van der Waals surface area (Å²) in [6.07, 6.45) is 6.06. The van der Waals surface area contributed by atoms with Crippen LogP contribution < -0.4 is 5.32 Å². The number of amides is 1. The van der Waals surface area contributed by atoms with Crippen molar-refractivity contribution in [3.05, 3.63) is 100 Å². The Balaban J connectivity index is 1.57. The predicted octanol–water partition coefficient (Wildman–Crippen LogP) is 3.70. The Morgan fingerprint density at radius 3 is 2.72 bits per heavy atom. The highest BCUT2D eigenvalue weighted by Gasteiger charge is 2.10. The third-order valence-electron chi connectivity index (χ3n) is 4.23. The Bertz CT molecular complexity index is 1140. The molecule has 0 bridgehead atoms. The van der Waals surface area contributed by atoms with Crippen LogP contribution in [0, 0.1) is 11.8 Å². The van der Waals surface area contributed by atoms with Gasteiger partial charge in [-0.2, -0.15) is 5.10 Å². The first-order chi connectivity index (χ1) is 14.3. The molecule has 0 aliphatic heterocycles. The molecule has 5 nitrogen and oxygen atoms in total. The van der Waals surface area contributed by atoms with Crippen molar-refractivity contribution in [3.8, 4) is 17.5 Å². The summed E-state index contributed by atoms with van der Waals surface area (Å²) in [6, 6.07) is 17.1. The monoisotopic (exact) mass is 398 g/mol. The molecule has 2 heterocycles. The van der Waals surface area contributed by atoms with E-state index in [0.717, 1.165) is 28.2 Å². The fourth-order valence-electron chi connectivity index (χ4n) is 2.81. The van der Waals surface area contributed by atoms with Gasteiger partial charge in [-0.25, -0.2) is 9.67 Å². The smallest absolute Gasteiger partial charge is 0.251 e. The minimum absolute atomic E-state index is 0.128. The normalized spacial score (nSPS) is 10.2. The standard InChI is InChI=1S/C23H18N4OS/c28-23(25-13-11-22-24-14-16-29-22)20-9-10-21(27-15-4-12-26-27)19(17-20)8-7-18-5-2-1-3-6-18/h1-6,9-10,12,14-17H,11,13H2,(H,25,28). The first-order valence-corrected chi connectivity index (χ1v) is 10.1. The number of hydrogen-bond acceptors (Lipinski definition) is 4. The lowest BCUT2D eigenvalue weighted by atomic mass is 10.1. The number of nitrogens with one attached hydrogen (secondary N) is 1. The van der Waals surface area contributed by atoms with Gasteiger partial charge in [0.15, 0.2) is 0 Å². The Kier molecular flexibility index (Phi) is 5.79. The van der Waals surface area contributed by atoms with Crippen molar-refractivity contribution in [1.82, 2.24) is 20.1 Å².